The van der Waals surface area contributed by atoms with Crippen LogP contribution in [-0.4, -0.2) is 11.6 Å². The number of hydrogen-bond donors (Lipinski definition) is 0. The molecule has 0 N–H and O–H groups in total. The van der Waals surface area contributed by atoms with E-state index in [1.165, 1.54) is 0 Å². The van der Waals surface area contributed by atoms with Crippen LogP contribution < -0.4 is 0 Å². The van der Waals surface area contributed by atoms with E-state index in [4.69, 9.17) is 0 Å². The minimum atomic E-state index is 0.184. The SMILES string of the molecule is O=C1[C@@H]2[C@@H]3C(=O)[C@H]4[C@H]5C6C7[C@@H](C=C[C@@H]74)[C@@H]1[C@H]6[C@@H]2[C@@H]35. The number of fused-ring (bicyclic) bond motifs is 3. The monoisotopic (exact) mass is 238 g/mol. The number of hydrogen-bond acceptors (Lipinski definition) is 2. The summed E-state index contributed by atoms with van der Waals surface area (Å²) in [6.07, 6.45) is 4.65. The third-order valence-corrected chi connectivity index (χ3v) is 8.30. The average Bonchev–Trinajstić information content (AvgIpc) is 2.98. The standard InChI is InChI=1S/C16H14O2/c17-15-6-3-1-2-4-5(3)8-9(6)11-12-10(8)7(4)16(18)14(12)13(11)15/h1-14H/t3-,4+,5?,6-,7-,8?,9-,10+,11-,12+,13+,14-/m1/s1. The molecule has 90 valence electrons. The van der Waals surface area contributed by atoms with Crippen LogP contribution in [0.3, 0.4) is 0 Å². The summed E-state index contributed by atoms with van der Waals surface area (Å²) in [5.41, 5.74) is 0. The van der Waals surface area contributed by atoms with Crippen molar-refractivity contribution in [3.63, 3.8) is 0 Å². The van der Waals surface area contributed by atoms with Crippen molar-refractivity contribution in [1.29, 1.82) is 0 Å². The maximum absolute atomic E-state index is 12.7. The Morgan fingerprint density at radius 1 is 0.556 bits per heavy atom. The number of carbonyl (C=O) groups is 2. The molecule has 0 aromatic rings. The van der Waals surface area contributed by atoms with Gasteiger partial charge in [-0.2, -0.15) is 0 Å². The van der Waals surface area contributed by atoms with Crippen molar-refractivity contribution in [3.05, 3.63) is 12.2 Å². The van der Waals surface area contributed by atoms with Gasteiger partial charge in [0.15, 0.2) is 0 Å². The molecule has 6 saturated carbocycles. The number of ketones is 2. The van der Waals surface area contributed by atoms with Gasteiger partial charge in [0.25, 0.3) is 0 Å². The van der Waals surface area contributed by atoms with Gasteiger partial charge < -0.3 is 0 Å². The molecule has 12 atom stereocenters. The number of carbonyl (C=O) groups excluding carboxylic acids is 2. The van der Waals surface area contributed by atoms with Crippen molar-refractivity contribution in [3.8, 4) is 0 Å². The van der Waals surface area contributed by atoms with Crippen molar-refractivity contribution < 1.29 is 9.59 Å². The molecule has 0 aromatic heterocycles. The van der Waals surface area contributed by atoms with Crippen molar-refractivity contribution in [1.82, 2.24) is 0 Å². The van der Waals surface area contributed by atoms with Crippen LogP contribution in [0, 0.1) is 71.0 Å². The quantitative estimate of drug-likeness (QED) is 0.594. The van der Waals surface area contributed by atoms with Crippen LogP contribution in [0.5, 0.6) is 0 Å². The van der Waals surface area contributed by atoms with Gasteiger partial charge in [-0.15, -0.1) is 0 Å². The fourth-order valence-electron chi connectivity index (χ4n) is 8.50. The summed E-state index contributed by atoms with van der Waals surface area (Å²) >= 11 is 0. The van der Waals surface area contributed by atoms with E-state index in [1.54, 1.807) is 0 Å². The summed E-state index contributed by atoms with van der Waals surface area (Å²) in [5.74, 6) is 7.25. The van der Waals surface area contributed by atoms with E-state index in [0.29, 0.717) is 64.8 Å². The normalized spacial score (nSPS) is 78.0. The molecule has 0 radical (unpaired) electrons. The highest BCUT2D eigenvalue weighted by molar-refractivity contribution is 6.00. The molecule has 0 heterocycles. The maximum Gasteiger partial charge on any atom is 0.140 e. The van der Waals surface area contributed by atoms with Crippen molar-refractivity contribution in [2.24, 2.45) is 71.0 Å². The Morgan fingerprint density at radius 2 is 1.00 bits per heavy atom. The zero-order valence-corrected chi connectivity index (χ0v) is 9.90. The second-order valence-corrected chi connectivity index (χ2v) is 7.91. The van der Waals surface area contributed by atoms with Crippen molar-refractivity contribution in [2.75, 3.05) is 0 Å². The van der Waals surface area contributed by atoms with Crippen LogP contribution in [0.15, 0.2) is 12.2 Å². The first kappa shape index (κ1) is 8.29. The molecule has 2 nitrogen and oxygen atoms in total. The van der Waals surface area contributed by atoms with E-state index >= 15 is 0 Å². The van der Waals surface area contributed by atoms with Gasteiger partial charge in [-0.1, -0.05) is 12.2 Å². The average molecular weight is 238 g/mol. The van der Waals surface area contributed by atoms with Gasteiger partial charge in [0.05, 0.1) is 0 Å². The van der Waals surface area contributed by atoms with Gasteiger partial charge in [-0.05, 0) is 47.3 Å². The number of rotatable bonds is 0. The molecule has 0 amide bonds. The molecule has 7 aliphatic rings. The fraction of sp³-hybridized carbons (Fsp3) is 0.750. The second-order valence-electron chi connectivity index (χ2n) is 7.91. The van der Waals surface area contributed by atoms with Crippen molar-refractivity contribution in [2.45, 2.75) is 0 Å². The molecule has 0 aliphatic heterocycles. The lowest BCUT2D eigenvalue weighted by Crippen LogP contribution is -2.47. The lowest BCUT2D eigenvalue weighted by atomic mass is 9.59. The summed E-state index contributed by atoms with van der Waals surface area (Å²) in [6.45, 7) is 0. The van der Waals surface area contributed by atoms with E-state index in [-0.39, 0.29) is 11.8 Å². The summed E-state index contributed by atoms with van der Waals surface area (Å²) in [6, 6.07) is 0. The molecular weight excluding hydrogens is 224 g/mol. The first-order valence-corrected chi connectivity index (χ1v) is 7.56. The highest BCUT2D eigenvalue weighted by Crippen LogP contribution is 2.85. The topological polar surface area (TPSA) is 34.1 Å². The Balaban J connectivity index is 1.65. The maximum atomic E-state index is 12.7. The summed E-state index contributed by atoms with van der Waals surface area (Å²) in [7, 11) is 0. The lowest BCUT2D eigenvalue weighted by molar-refractivity contribution is -0.141. The van der Waals surface area contributed by atoms with Gasteiger partial charge in [-0.3, -0.25) is 9.59 Å². The molecule has 0 spiro atoms. The van der Waals surface area contributed by atoms with Gasteiger partial charge in [0.1, 0.15) is 11.6 Å². The predicted molar refractivity (Wildman–Crippen MR) is 61.0 cm³/mol. The molecule has 7 rings (SSSR count). The summed E-state index contributed by atoms with van der Waals surface area (Å²) < 4.78 is 0. The fourth-order valence-corrected chi connectivity index (χ4v) is 8.50. The molecule has 0 saturated heterocycles. The van der Waals surface area contributed by atoms with Crippen molar-refractivity contribution >= 4 is 11.6 Å². The predicted octanol–water partition coefficient (Wildman–Crippen LogP) is 1.17. The Labute approximate surface area is 105 Å². The molecule has 0 bridgehead atoms. The second kappa shape index (κ2) is 1.97. The first-order chi connectivity index (χ1) is 8.80. The van der Waals surface area contributed by atoms with E-state index < -0.39 is 0 Å². The Kier molecular flexibility index (Phi) is 0.908. The van der Waals surface area contributed by atoms with E-state index in [1.807, 2.05) is 0 Å². The van der Waals surface area contributed by atoms with Gasteiger partial charge >= 0.3 is 0 Å². The van der Waals surface area contributed by atoms with Gasteiger partial charge in [-0.25, -0.2) is 0 Å². The molecule has 18 heavy (non-hydrogen) atoms. The zero-order chi connectivity index (χ0) is 11.5. The molecule has 2 unspecified atom stereocenters. The van der Waals surface area contributed by atoms with Crippen LogP contribution in [0.1, 0.15) is 0 Å². The van der Waals surface area contributed by atoms with Crippen LogP contribution in [0.2, 0.25) is 0 Å². The van der Waals surface area contributed by atoms with E-state index in [9.17, 15) is 9.59 Å². The van der Waals surface area contributed by atoms with E-state index in [0.717, 1.165) is 5.92 Å². The minimum Gasteiger partial charge on any atom is -0.299 e. The van der Waals surface area contributed by atoms with Crippen LogP contribution >= 0.6 is 0 Å². The highest BCUT2D eigenvalue weighted by Gasteiger charge is 2.86. The zero-order valence-electron chi connectivity index (χ0n) is 9.90. The van der Waals surface area contributed by atoms with Crippen LogP contribution in [0.25, 0.3) is 0 Å². The third kappa shape index (κ3) is 0.466. The molecule has 7 aliphatic carbocycles. The largest absolute Gasteiger partial charge is 0.299 e. The third-order valence-electron chi connectivity index (χ3n) is 8.30. The van der Waals surface area contributed by atoms with Gasteiger partial charge in [0.2, 0.25) is 0 Å². The Bertz CT molecular complexity index is 554. The molecule has 2 heteroatoms. The lowest BCUT2D eigenvalue weighted by Gasteiger charge is -2.42. The first-order valence-electron chi connectivity index (χ1n) is 7.56. The molecule has 0 aromatic carbocycles. The number of allylic oxidation sites excluding steroid dienone is 2. The smallest absolute Gasteiger partial charge is 0.140 e. The van der Waals surface area contributed by atoms with Gasteiger partial charge in [0, 0.05) is 23.7 Å². The van der Waals surface area contributed by atoms with E-state index in [2.05, 4.69) is 12.2 Å². The Morgan fingerprint density at radius 3 is 1.50 bits per heavy atom. The van der Waals surface area contributed by atoms with Crippen LogP contribution in [0.4, 0.5) is 0 Å². The highest BCUT2D eigenvalue weighted by atomic mass is 16.1. The minimum absolute atomic E-state index is 0.184. The Hall–Kier alpha value is -0.920. The van der Waals surface area contributed by atoms with Crippen LogP contribution in [-0.2, 0) is 9.59 Å². The molecule has 6 fully saturated rings. The number of Topliss-reactive ketones (excluding diaryl/α,β-unsaturated/α-hetero) is 2. The summed E-state index contributed by atoms with van der Waals surface area (Å²) in [5, 5.41) is 0. The molecular formula is C16H14O2. The summed E-state index contributed by atoms with van der Waals surface area (Å²) in [4.78, 5) is 25.4.